The minimum atomic E-state index is -4.68. The number of hydrogen-bond acceptors (Lipinski definition) is 4. The van der Waals surface area contributed by atoms with Crippen molar-refractivity contribution in [2.75, 3.05) is 6.54 Å². The van der Waals surface area contributed by atoms with Crippen LogP contribution in [-0.2, 0) is 21.0 Å². The number of aliphatic hydroxyl groups excluding tert-OH is 1. The lowest BCUT2D eigenvalue weighted by Gasteiger charge is -2.11. The van der Waals surface area contributed by atoms with E-state index in [4.69, 9.17) is 10.2 Å². The standard InChI is InChI=1S/C11H12F3NO5S/c12-11(13,14)7-2-1-3-8(6-7)21(19,20)15-5-4-9(16)10(17)18/h1-3,6,9,15-16H,4-5H2,(H,17,18)/t9-/m0/s1. The van der Waals surface area contributed by atoms with Crippen LogP contribution < -0.4 is 4.72 Å². The molecule has 0 aliphatic rings. The number of rotatable bonds is 6. The van der Waals surface area contributed by atoms with E-state index in [0.717, 1.165) is 18.2 Å². The molecule has 1 rings (SSSR count). The van der Waals surface area contributed by atoms with Crippen LogP contribution in [0.5, 0.6) is 0 Å². The first-order valence-corrected chi connectivity index (χ1v) is 7.10. The summed E-state index contributed by atoms with van der Waals surface area (Å²) < 4.78 is 62.9. The molecule has 0 unspecified atom stereocenters. The predicted octanol–water partition coefficient (Wildman–Crippen LogP) is 0.819. The lowest BCUT2D eigenvalue weighted by atomic mass is 10.2. The number of hydrogen-bond donors (Lipinski definition) is 3. The van der Waals surface area contributed by atoms with Crippen molar-refractivity contribution in [1.82, 2.24) is 4.72 Å². The molecule has 1 aromatic carbocycles. The van der Waals surface area contributed by atoms with Crippen molar-refractivity contribution in [2.45, 2.75) is 23.6 Å². The van der Waals surface area contributed by atoms with Gasteiger partial charge in [0.2, 0.25) is 10.0 Å². The minimum absolute atomic E-state index is 0.409. The molecule has 0 fully saturated rings. The van der Waals surface area contributed by atoms with E-state index < -0.39 is 51.7 Å². The zero-order chi connectivity index (χ0) is 16.3. The Labute approximate surface area is 118 Å². The van der Waals surface area contributed by atoms with Crippen LogP contribution in [-0.4, -0.2) is 37.2 Å². The van der Waals surface area contributed by atoms with Crippen molar-refractivity contribution in [1.29, 1.82) is 0 Å². The molecular weight excluding hydrogens is 315 g/mol. The number of nitrogens with one attached hydrogen (secondary N) is 1. The predicted molar refractivity (Wildman–Crippen MR) is 64.9 cm³/mol. The zero-order valence-electron chi connectivity index (χ0n) is 10.5. The van der Waals surface area contributed by atoms with Crippen molar-refractivity contribution in [3.8, 4) is 0 Å². The number of alkyl halides is 3. The molecule has 1 atom stereocenters. The van der Waals surface area contributed by atoms with Crippen molar-refractivity contribution >= 4 is 16.0 Å². The lowest BCUT2D eigenvalue weighted by molar-refractivity contribution is -0.146. The molecule has 0 spiro atoms. The first kappa shape index (κ1) is 17.4. The van der Waals surface area contributed by atoms with Crippen LogP contribution in [0.2, 0.25) is 0 Å². The van der Waals surface area contributed by atoms with E-state index >= 15 is 0 Å². The first-order valence-electron chi connectivity index (χ1n) is 5.62. The third kappa shape index (κ3) is 4.99. The summed E-state index contributed by atoms with van der Waals surface area (Å²) in [4.78, 5) is 9.73. The number of carboxylic acid groups (broad SMARTS) is 1. The molecule has 21 heavy (non-hydrogen) atoms. The molecule has 0 bridgehead atoms. The fourth-order valence-corrected chi connectivity index (χ4v) is 2.47. The lowest BCUT2D eigenvalue weighted by Crippen LogP contribution is -2.30. The fourth-order valence-electron chi connectivity index (χ4n) is 1.38. The Hall–Kier alpha value is -1.65. The molecule has 0 saturated carbocycles. The monoisotopic (exact) mass is 327 g/mol. The van der Waals surface area contributed by atoms with Gasteiger partial charge in [0.1, 0.15) is 0 Å². The third-order valence-electron chi connectivity index (χ3n) is 2.47. The topological polar surface area (TPSA) is 104 Å². The number of carboxylic acids is 1. The molecule has 6 nitrogen and oxygen atoms in total. The van der Waals surface area contributed by atoms with Crippen molar-refractivity contribution in [3.05, 3.63) is 29.8 Å². The van der Waals surface area contributed by atoms with Gasteiger partial charge < -0.3 is 10.2 Å². The van der Waals surface area contributed by atoms with Crippen molar-refractivity contribution in [2.24, 2.45) is 0 Å². The van der Waals surface area contributed by atoms with E-state index in [-0.39, 0.29) is 0 Å². The van der Waals surface area contributed by atoms with Gasteiger partial charge in [0.15, 0.2) is 6.10 Å². The van der Waals surface area contributed by atoms with E-state index in [0.29, 0.717) is 6.07 Å². The number of halogens is 3. The normalized spacial score (nSPS) is 13.9. The van der Waals surface area contributed by atoms with Crippen LogP contribution in [0, 0.1) is 0 Å². The van der Waals surface area contributed by atoms with Gasteiger partial charge in [-0.3, -0.25) is 0 Å². The van der Waals surface area contributed by atoms with E-state index in [1.165, 1.54) is 0 Å². The van der Waals surface area contributed by atoms with Gasteiger partial charge in [-0.25, -0.2) is 17.9 Å². The Bertz CT molecular complexity index is 615. The quantitative estimate of drug-likeness (QED) is 0.718. The molecule has 0 aromatic heterocycles. The molecule has 0 radical (unpaired) electrons. The van der Waals surface area contributed by atoms with Crippen molar-refractivity contribution in [3.63, 3.8) is 0 Å². The van der Waals surface area contributed by atoms with Gasteiger partial charge in [-0.2, -0.15) is 13.2 Å². The molecule has 0 aliphatic carbocycles. The van der Waals surface area contributed by atoms with Crippen LogP contribution in [0.25, 0.3) is 0 Å². The number of benzene rings is 1. The Morgan fingerprint density at radius 2 is 1.95 bits per heavy atom. The van der Waals surface area contributed by atoms with Crippen LogP contribution in [0.1, 0.15) is 12.0 Å². The molecule has 3 N–H and O–H groups in total. The van der Waals surface area contributed by atoms with Gasteiger partial charge in [-0.15, -0.1) is 0 Å². The Morgan fingerprint density at radius 1 is 1.33 bits per heavy atom. The largest absolute Gasteiger partial charge is 0.479 e. The summed E-state index contributed by atoms with van der Waals surface area (Å²) in [5.41, 5.74) is -1.11. The van der Waals surface area contributed by atoms with Gasteiger partial charge in [0, 0.05) is 6.54 Å². The molecule has 0 amide bonds. The summed E-state index contributed by atoms with van der Waals surface area (Å²) in [5, 5.41) is 17.4. The summed E-state index contributed by atoms with van der Waals surface area (Å²) in [6, 6.07) is 3.12. The molecule has 0 heterocycles. The summed E-state index contributed by atoms with van der Waals surface area (Å²) in [6.07, 6.45) is -6.84. The second kappa shape index (κ2) is 6.41. The number of aliphatic carboxylic acids is 1. The van der Waals surface area contributed by atoms with Gasteiger partial charge in [-0.1, -0.05) is 6.07 Å². The van der Waals surface area contributed by atoms with E-state index in [1.807, 2.05) is 4.72 Å². The van der Waals surface area contributed by atoms with Gasteiger partial charge in [-0.05, 0) is 24.6 Å². The number of sulfonamides is 1. The smallest absolute Gasteiger partial charge is 0.416 e. The first-order chi connectivity index (χ1) is 9.54. The van der Waals surface area contributed by atoms with E-state index in [1.54, 1.807) is 0 Å². The summed E-state index contributed by atoms with van der Waals surface area (Å²) >= 11 is 0. The van der Waals surface area contributed by atoms with E-state index in [2.05, 4.69) is 0 Å². The Kier molecular flexibility index (Phi) is 5.31. The van der Waals surface area contributed by atoms with Crippen LogP contribution in [0.4, 0.5) is 13.2 Å². The van der Waals surface area contributed by atoms with Crippen molar-refractivity contribution < 1.29 is 36.6 Å². The highest BCUT2D eigenvalue weighted by molar-refractivity contribution is 7.89. The van der Waals surface area contributed by atoms with Gasteiger partial charge in [0.05, 0.1) is 10.5 Å². The highest BCUT2D eigenvalue weighted by Gasteiger charge is 2.31. The SMILES string of the molecule is O=C(O)[C@@H](O)CCNS(=O)(=O)c1cccc(C(F)(F)F)c1. The molecule has 118 valence electrons. The molecular formula is C11H12F3NO5S. The van der Waals surface area contributed by atoms with Gasteiger partial charge in [0.25, 0.3) is 0 Å². The highest BCUT2D eigenvalue weighted by atomic mass is 32.2. The number of carbonyl (C=O) groups is 1. The molecule has 1 aromatic rings. The Balaban J connectivity index is 2.82. The molecule has 10 heteroatoms. The molecule has 0 saturated heterocycles. The average Bonchev–Trinajstić information content (AvgIpc) is 2.37. The second-order valence-electron chi connectivity index (χ2n) is 4.07. The molecule has 0 aliphatic heterocycles. The maximum atomic E-state index is 12.5. The third-order valence-corrected chi connectivity index (χ3v) is 3.93. The average molecular weight is 327 g/mol. The fraction of sp³-hybridized carbons (Fsp3) is 0.364. The highest BCUT2D eigenvalue weighted by Crippen LogP contribution is 2.30. The second-order valence-corrected chi connectivity index (χ2v) is 5.83. The van der Waals surface area contributed by atoms with Gasteiger partial charge >= 0.3 is 12.1 Å². The van der Waals surface area contributed by atoms with E-state index in [9.17, 15) is 26.4 Å². The van der Waals surface area contributed by atoms with Crippen LogP contribution >= 0.6 is 0 Å². The summed E-state index contributed by atoms with van der Waals surface area (Å²) in [5.74, 6) is -1.52. The maximum Gasteiger partial charge on any atom is 0.416 e. The summed E-state index contributed by atoms with van der Waals surface area (Å²) in [6.45, 7) is -0.425. The van der Waals surface area contributed by atoms with Crippen LogP contribution in [0.3, 0.4) is 0 Å². The maximum absolute atomic E-state index is 12.5. The zero-order valence-corrected chi connectivity index (χ0v) is 11.3. The Morgan fingerprint density at radius 3 is 2.48 bits per heavy atom. The summed E-state index contributed by atoms with van der Waals surface area (Å²) in [7, 11) is -4.22. The minimum Gasteiger partial charge on any atom is -0.479 e. The number of aliphatic hydroxyl groups is 1. The van der Waals surface area contributed by atoms with Crippen LogP contribution in [0.15, 0.2) is 29.2 Å².